The molecule has 0 fully saturated rings. The topological polar surface area (TPSA) is 102 Å². The van der Waals surface area contributed by atoms with Crippen molar-refractivity contribution in [1.29, 1.82) is 0 Å². The largest absolute Gasteiger partial charge is 0.412 e. The van der Waals surface area contributed by atoms with Gasteiger partial charge in [-0.3, -0.25) is 0 Å². The van der Waals surface area contributed by atoms with E-state index in [-0.39, 0.29) is 17.6 Å². The van der Waals surface area contributed by atoms with Gasteiger partial charge in [-0.25, -0.2) is 13.9 Å². The molecule has 0 bridgehead atoms. The Bertz CT molecular complexity index is 1060. The van der Waals surface area contributed by atoms with E-state index in [0.717, 1.165) is 12.0 Å². The predicted molar refractivity (Wildman–Crippen MR) is 118 cm³/mol. The molecule has 8 nitrogen and oxygen atoms in total. The summed E-state index contributed by atoms with van der Waals surface area (Å²) < 4.78 is 21.5. The highest BCUT2D eigenvalue weighted by atomic mass is 19.1. The van der Waals surface area contributed by atoms with Crippen molar-refractivity contribution in [2.24, 2.45) is 0 Å². The second kappa shape index (κ2) is 9.86. The van der Waals surface area contributed by atoms with Crippen LogP contribution in [0.4, 0.5) is 9.18 Å². The van der Waals surface area contributed by atoms with Gasteiger partial charge in [-0.2, -0.15) is 0 Å². The number of ether oxygens (including phenoxy) is 1. The first-order valence-electron chi connectivity index (χ1n) is 10.5. The highest BCUT2D eigenvalue weighted by Crippen LogP contribution is 2.30. The van der Waals surface area contributed by atoms with Gasteiger partial charge in [-0.1, -0.05) is 12.1 Å². The molecule has 3 rings (SSSR count). The smallest absolute Gasteiger partial charge is 0.410 e. The van der Waals surface area contributed by atoms with Gasteiger partial charge in [0, 0.05) is 17.7 Å². The third-order valence-electron chi connectivity index (χ3n) is 4.94. The van der Waals surface area contributed by atoms with Crippen LogP contribution >= 0.6 is 0 Å². The van der Waals surface area contributed by atoms with Crippen molar-refractivity contribution in [3.05, 3.63) is 54.1 Å². The number of aliphatic hydroxyl groups is 1. The highest BCUT2D eigenvalue weighted by molar-refractivity contribution is 5.74. The SMILES string of the molecule is Cc1ccc(-c2cc(OC(=O)NC(C)CCCC(C)(C)O)cc(-n3cnnn3)c2)c(F)c1. The van der Waals surface area contributed by atoms with Crippen molar-refractivity contribution < 1.29 is 19.0 Å². The molecule has 9 heteroatoms. The Morgan fingerprint density at radius 1 is 1.28 bits per heavy atom. The molecule has 1 heterocycles. The monoisotopic (exact) mass is 441 g/mol. The number of aromatic nitrogens is 4. The van der Waals surface area contributed by atoms with E-state index in [0.29, 0.717) is 29.7 Å². The van der Waals surface area contributed by atoms with Crippen LogP contribution in [0.1, 0.15) is 45.6 Å². The molecular formula is C23H28FN5O3. The lowest BCUT2D eigenvalue weighted by Crippen LogP contribution is -2.35. The van der Waals surface area contributed by atoms with Crippen molar-refractivity contribution >= 4 is 6.09 Å². The summed E-state index contributed by atoms with van der Waals surface area (Å²) in [6.07, 6.45) is 2.87. The minimum Gasteiger partial charge on any atom is -0.410 e. The number of nitrogens with one attached hydrogen (secondary N) is 1. The van der Waals surface area contributed by atoms with Crippen molar-refractivity contribution in [2.75, 3.05) is 0 Å². The molecule has 0 saturated carbocycles. The Labute approximate surface area is 186 Å². The number of hydrogen-bond acceptors (Lipinski definition) is 6. The molecule has 1 unspecified atom stereocenters. The number of aryl methyl sites for hydroxylation is 1. The average Bonchev–Trinajstić information content (AvgIpc) is 3.21. The summed E-state index contributed by atoms with van der Waals surface area (Å²) in [5.41, 5.74) is 1.48. The van der Waals surface area contributed by atoms with E-state index in [1.54, 1.807) is 38.1 Å². The fraction of sp³-hybridized carbons (Fsp3) is 0.391. The van der Waals surface area contributed by atoms with E-state index in [4.69, 9.17) is 4.74 Å². The van der Waals surface area contributed by atoms with E-state index in [1.807, 2.05) is 19.9 Å². The van der Waals surface area contributed by atoms with Gasteiger partial charge in [-0.15, -0.1) is 5.10 Å². The molecule has 1 amide bonds. The fourth-order valence-corrected chi connectivity index (χ4v) is 3.31. The normalized spacial score (nSPS) is 12.4. The maximum Gasteiger partial charge on any atom is 0.412 e. The summed E-state index contributed by atoms with van der Waals surface area (Å²) in [6.45, 7) is 7.19. The molecule has 0 spiro atoms. The third-order valence-corrected chi connectivity index (χ3v) is 4.94. The fourth-order valence-electron chi connectivity index (χ4n) is 3.31. The summed E-state index contributed by atoms with van der Waals surface area (Å²) in [6, 6.07) is 9.71. The molecule has 1 aromatic heterocycles. The van der Waals surface area contributed by atoms with Crippen molar-refractivity contribution in [1.82, 2.24) is 25.5 Å². The van der Waals surface area contributed by atoms with Gasteiger partial charge in [0.25, 0.3) is 0 Å². The lowest BCUT2D eigenvalue weighted by Gasteiger charge is -2.19. The number of tetrazole rings is 1. The van der Waals surface area contributed by atoms with Crippen LogP contribution in [-0.4, -0.2) is 43.0 Å². The lowest BCUT2D eigenvalue weighted by molar-refractivity contribution is 0.0676. The van der Waals surface area contributed by atoms with Gasteiger partial charge in [0.2, 0.25) is 0 Å². The molecule has 3 aromatic rings. The number of benzene rings is 2. The zero-order valence-electron chi connectivity index (χ0n) is 18.7. The Morgan fingerprint density at radius 2 is 2.06 bits per heavy atom. The first kappa shape index (κ1) is 23.3. The Kier molecular flexibility index (Phi) is 7.19. The van der Waals surface area contributed by atoms with E-state index < -0.39 is 11.7 Å². The number of hydrogen-bond donors (Lipinski definition) is 2. The summed E-state index contributed by atoms with van der Waals surface area (Å²) in [5, 5.41) is 23.7. The van der Waals surface area contributed by atoms with Crippen molar-refractivity contribution in [3.63, 3.8) is 0 Å². The molecule has 2 aromatic carbocycles. The van der Waals surface area contributed by atoms with Crippen LogP contribution in [-0.2, 0) is 0 Å². The van der Waals surface area contributed by atoms with Gasteiger partial charge in [0.1, 0.15) is 17.9 Å². The standard InChI is InChI=1S/C23H28FN5O3/c1-15-7-8-20(21(24)10-15)17-11-18(29-14-25-27-28-29)13-19(12-17)32-22(30)26-16(2)6-5-9-23(3,4)31/h7-8,10-14,16,31H,5-6,9H2,1-4H3,(H,26,30). The highest BCUT2D eigenvalue weighted by Gasteiger charge is 2.16. The molecule has 1 atom stereocenters. The van der Waals surface area contributed by atoms with Crippen LogP contribution in [0.5, 0.6) is 5.75 Å². The quantitative estimate of drug-likeness (QED) is 0.543. The van der Waals surface area contributed by atoms with E-state index in [1.165, 1.54) is 17.1 Å². The van der Waals surface area contributed by atoms with E-state index >= 15 is 0 Å². The van der Waals surface area contributed by atoms with Gasteiger partial charge < -0.3 is 15.2 Å². The molecule has 170 valence electrons. The number of amides is 1. The van der Waals surface area contributed by atoms with Crippen LogP contribution in [0.2, 0.25) is 0 Å². The Balaban J connectivity index is 1.78. The molecule has 2 N–H and O–H groups in total. The van der Waals surface area contributed by atoms with Crippen molar-refractivity contribution in [2.45, 2.75) is 58.6 Å². The first-order valence-corrected chi connectivity index (χ1v) is 10.5. The maximum absolute atomic E-state index is 14.6. The number of carbonyl (C=O) groups is 1. The Morgan fingerprint density at radius 3 is 2.72 bits per heavy atom. The summed E-state index contributed by atoms with van der Waals surface area (Å²) in [5.74, 6) is -0.149. The van der Waals surface area contributed by atoms with Crippen molar-refractivity contribution in [3.8, 4) is 22.6 Å². The van der Waals surface area contributed by atoms with Gasteiger partial charge in [0.05, 0.1) is 11.3 Å². The van der Waals surface area contributed by atoms with Gasteiger partial charge in [-0.05, 0) is 86.7 Å². The van der Waals surface area contributed by atoms with Gasteiger partial charge >= 0.3 is 6.09 Å². The number of carbonyl (C=O) groups excluding carboxylic acids is 1. The zero-order chi connectivity index (χ0) is 23.3. The molecule has 32 heavy (non-hydrogen) atoms. The van der Waals surface area contributed by atoms with Crippen LogP contribution < -0.4 is 10.1 Å². The van der Waals surface area contributed by atoms with E-state index in [2.05, 4.69) is 20.8 Å². The average molecular weight is 442 g/mol. The molecular weight excluding hydrogens is 413 g/mol. The van der Waals surface area contributed by atoms with Crippen LogP contribution in [0.15, 0.2) is 42.7 Å². The predicted octanol–water partition coefficient (Wildman–Crippen LogP) is 4.19. The van der Waals surface area contributed by atoms with Crippen LogP contribution in [0, 0.1) is 12.7 Å². The second-order valence-corrected chi connectivity index (χ2v) is 8.59. The summed E-state index contributed by atoms with van der Waals surface area (Å²) in [4.78, 5) is 12.4. The van der Waals surface area contributed by atoms with Crippen LogP contribution in [0.3, 0.4) is 0 Å². The number of nitrogens with zero attached hydrogens (tertiary/aromatic N) is 4. The Hall–Kier alpha value is -3.33. The number of rotatable bonds is 8. The molecule has 0 aliphatic rings. The molecule has 0 radical (unpaired) electrons. The first-order chi connectivity index (χ1) is 15.1. The maximum atomic E-state index is 14.6. The summed E-state index contributed by atoms with van der Waals surface area (Å²) >= 11 is 0. The molecule has 0 aliphatic heterocycles. The minimum absolute atomic E-state index is 0.137. The van der Waals surface area contributed by atoms with E-state index in [9.17, 15) is 14.3 Å². The second-order valence-electron chi connectivity index (χ2n) is 8.59. The molecule has 0 saturated heterocycles. The minimum atomic E-state index is -0.738. The van der Waals surface area contributed by atoms with Crippen LogP contribution in [0.25, 0.3) is 16.8 Å². The third kappa shape index (κ3) is 6.58. The van der Waals surface area contributed by atoms with Gasteiger partial charge in [0.15, 0.2) is 0 Å². The molecule has 0 aliphatic carbocycles. The zero-order valence-corrected chi connectivity index (χ0v) is 18.7. The lowest BCUT2D eigenvalue weighted by atomic mass is 10.00. The number of halogens is 1. The summed E-state index contributed by atoms with van der Waals surface area (Å²) in [7, 11) is 0.